The maximum Gasteiger partial charge on any atom is 0.141 e. The first-order valence-corrected chi connectivity index (χ1v) is 6.45. The second-order valence-electron chi connectivity index (χ2n) is 4.23. The van der Waals surface area contributed by atoms with Crippen molar-refractivity contribution >= 4 is 11.6 Å². The van der Waals surface area contributed by atoms with Gasteiger partial charge in [0, 0.05) is 23.0 Å². The molecular formula is C15H12ClN3O. The number of imidazole rings is 1. The second kappa shape index (κ2) is 5.35. The molecule has 2 aromatic heterocycles. The lowest BCUT2D eigenvalue weighted by Crippen LogP contribution is -1.89. The Morgan fingerprint density at radius 3 is 2.85 bits per heavy atom. The van der Waals surface area contributed by atoms with Crippen LogP contribution >= 0.6 is 11.6 Å². The van der Waals surface area contributed by atoms with Gasteiger partial charge in [0.25, 0.3) is 0 Å². The van der Waals surface area contributed by atoms with E-state index in [0.29, 0.717) is 10.8 Å². The van der Waals surface area contributed by atoms with Gasteiger partial charge in [-0.2, -0.15) is 0 Å². The number of aromatic nitrogens is 3. The van der Waals surface area contributed by atoms with Crippen LogP contribution in [0.2, 0.25) is 5.02 Å². The number of aromatic amines is 1. The van der Waals surface area contributed by atoms with Gasteiger partial charge in [-0.25, -0.2) is 4.98 Å². The first-order valence-electron chi connectivity index (χ1n) is 6.07. The highest BCUT2D eigenvalue weighted by Crippen LogP contribution is 2.31. The van der Waals surface area contributed by atoms with E-state index < -0.39 is 0 Å². The highest BCUT2D eigenvalue weighted by atomic mass is 35.5. The number of rotatable bonds is 3. The van der Waals surface area contributed by atoms with Crippen molar-refractivity contribution in [2.24, 2.45) is 0 Å². The quantitative estimate of drug-likeness (QED) is 0.796. The summed E-state index contributed by atoms with van der Waals surface area (Å²) in [4.78, 5) is 11.7. The van der Waals surface area contributed by atoms with Gasteiger partial charge in [0.15, 0.2) is 0 Å². The van der Waals surface area contributed by atoms with Crippen LogP contribution in [0.15, 0.2) is 48.9 Å². The lowest BCUT2D eigenvalue weighted by Gasteiger charge is -2.06. The Labute approximate surface area is 121 Å². The van der Waals surface area contributed by atoms with Gasteiger partial charge < -0.3 is 9.72 Å². The van der Waals surface area contributed by atoms with Crippen LogP contribution in [-0.2, 0) is 0 Å². The van der Waals surface area contributed by atoms with Crippen LogP contribution < -0.4 is 4.74 Å². The Balaban J connectivity index is 2.04. The summed E-state index contributed by atoms with van der Waals surface area (Å²) in [5, 5.41) is 0.639. The van der Waals surface area contributed by atoms with Crippen LogP contribution in [-0.4, -0.2) is 22.1 Å². The molecule has 3 rings (SSSR count). The van der Waals surface area contributed by atoms with E-state index in [1.54, 1.807) is 31.8 Å². The number of halogens is 1. The summed E-state index contributed by atoms with van der Waals surface area (Å²) >= 11 is 6.04. The SMILES string of the molecule is COc1ccc(Cl)cc1-c1ncc(-c2cccnc2)[nH]1. The minimum Gasteiger partial charge on any atom is -0.496 e. The Bertz CT molecular complexity index is 725. The lowest BCUT2D eigenvalue weighted by molar-refractivity contribution is 0.416. The third kappa shape index (κ3) is 2.38. The number of hydrogen-bond donors (Lipinski definition) is 1. The Morgan fingerprint density at radius 1 is 1.20 bits per heavy atom. The van der Waals surface area contributed by atoms with Crippen LogP contribution in [0.4, 0.5) is 0 Å². The van der Waals surface area contributed by atoms with Crippen LogP contribution in [0.1, 0.15) is 0 Å². The fraction of sp³-hybridized carbons (Fsp3) is 0.0667. The number of nitrogens with one attached hydrogen (secondary N) is 1. The van der Waals surface area contributed by atoms with Gasteiger partial charge in [-0.15, -0.1) is 0 Å². The molecule has 0 saturated carbocycles. The minimum atomic E-state index is 0.639. The van der Waals surface area contributed by atoms with Crippen LogP contribution in [0, 0.1) is 0 Å². The van der Waals surface area contributed by atoms with Gasteiger partial charge in [0.2, 0.25) is 0 Å². The molecule has 0 amide bonds. The Hall–Kier alpha value is -2.33. The zero-order chi connectivity index (χ0) is 13.9. The predicted molar refractivity (Wildman–Crippen MR) is 78.8 cm³/mol. The molecule has 0 bridgehead atoms. The van der Waals surface area contributed by atoms with Crippen LogP contribution in [0.3, 0.4) is 0 Å². The number of methoxy groups -OCH3 is 1. The summed E-state index contributed by atoms with van der Waals surface area (Å²) in [6.07, 6.45) is 5.29. The predicted octanol–water partition coefficient (Wildman–Crippen LogP) is 3.80. The van der Waals surface area contributed by atoms with E-state index in [0.717, 1.165) is 22.6 Å². The zero-order valence-electron chi connectivity index (χ0n) is 10.8. The lowest BCUT2D eigenvalue weighted by atomic mass is 10.2. The summed E-state index contributed by atoms with van der Waals surface area (Å²) in [5.74, 6) is 1.43. The first-order chi connectivity index (χ1) is 9.78. The molecule has 0 atom stereocenters. The fourth-order valence-corrected chi connectivity index (χ4v) is 2.16. The van der Waals surface area contributed by atoms with Gasteiger partial charge >= 0.3 is 0 Å². The highest BCUT2D eigenvalue weighted by Gasteiger charge is 2.11. The number of ether oxygens (including phenoxy) is 1. The van der Waals surface area contributed by atoms with Crippen molar-refractivity contribution in [3.63, 3.8) is 0 Å². The monoisotopic (exact) mass is 285 g/mol. The molecule has 0 radical (unpaired) electrons. The molecule has 1 aromatic carbocycles. The molecule has 1 N–H and O–H groups in total. The van der Waals surface area contributed by atoms with Gasteiger partial charge in [-0.05, 0) is 30.3 Å². The molecule has 2 heterocycles. The maximum absolute atomic E-state index is 6.04. The van der Waals surface area contributed by atoms with E-state index in [2.05, 4.69) is 15.0 Å². The van der Waals surface area contributed by atoms with E-state index in [4.69, 9.17) is 16.3 Å². The minimum absolute atomic E-state index is 0.639. The fourth-order valence-electron chi connectivity index (χ4n) is 1.99. The van der Waals surface area contributed by atoms with Crippen molar-refractivity contribution in [3.8, 4) is 28.4 Å². The maximum atomic E-state index is 6.04. The molecule has 0 unspecified atom stereocenters. The number of hydrogen-bond acceptors (Lipinski definition) is 3. The van der Waals surface area contributed by atoms with E-state index in [1.165, 1.54) is 0 Å². The Kier molecular flexibility index (Phi) is 3.39. The van der Waals surface area contributed by atoms with Gasteiger partial charge in [0.05, 0.1) is 24.6 Å². The number of nitrogens with zero attached hydrogens (tertiary/aromatic N) is 2. The molecule has 0 aliphatic heterocycles. The molecule has 5 heteroatoms. The van der Waals surface area contributed by atoms with Crippen molar-refractivity contribution in [2.45, 2.75) is 0 Å². The van der Waals surface area contributed by atoms with Crippen molar-refractivity contribution < 1.29 is 4.74 Å². The van der Waals surface area contributed by atoms with E-state index in [-0.39, 0.29) is 0 Å². The molecule has 0 spiro atoms. The molecule has 20 heavy (non-hydrogen) atoms. The smallest absolute Gasteiger partial charge is 0.141 e. The molecule has 0 aliphatic carbocycles. The summed E-state index contributed by atoms with van der Waals surface area (Å²) < 4.78 is 5.34. The van der Waals surface area contributed by atoms with Crippen molar-refractivity contribution in [2.75, 3.05) is 7.11 Å². The summed E-state index contributed by atoms with van der Waals surface area (Å²) in [6.45, 7) is 0. The van der Waals surface area contributed by atoms with Crippen molar-refractivity contribution in [1.82, 2.24) is 15.0 Å². The number of benzene rings is 1. The second-order valence-corrected chi connectivity index (χ2v) is 4.67. The average Bonchev–Trinajstić information content (AvgIpc) is 2.98. The van der Waals surface area contributed by atoms with Crippen molar-refractivity contribution in [3.05, 3.63) is 53.9 Å². The molecule has 100 valence electrons. The summed E-state index contributed by atoms with van der Waals surface area (Å²) in [5.41, 5.74) is 2.71. The number of pyridine rings is 1. The van der Waals surface area contributed by atoms with E-state index in [1.807, 2.05) is 24.3 Å². The molecule has 0 aliphatic rings. The zero-order valence-corrected chi connectivity index (χ0v) is 11.6. The average molecular weight is 286 g/mol. The standard InChI is InChI=1S/C15H12ClN3O/c1-20-14-5-4-11(16)7-12(14)15-18-9-13(19-15)10-3-2-6-17-8-10/h2-9H,1H3,(H,18,19). The molecule has 3 aromatic rings. The normalized spacial score (nSPS) is 10.5. The topological polar surface area (TPSA) is 50.8 Å². The Morgan fingerprint density at radius 2 is 2.10 bits per heavy atom. The van der Waals surface area contributed by atoms with Gasteiger partial charge in [-0.3, -0.25) is 4.98 Å². The molecule has 0 fully saturated rings. The van der Waals surface area contributed by atoms with Crippen LogP contribution in [0.25, 0.3) is 22.6 Å². The molecule has 0 saturated heterocycles. The summed E-state index contributed by atoms with van der Waals surface area (Å²) in [7, 11) is 1.62. The van der Waals surface area contributed by atoms with Gasteiger partial charge in [0.1, 0.15) is 11.6 Å². The van der Waals surface area contributed by atoms with Gasteiger partial charge in [-0.1, -0.05) is 11.6 Å². The van der Waals surface area contributed by atoms with Crippen LogP contribution in [0.5, 0.6) is 5.75 Å². The third-order valence-electron chi connectivity index (χ3n) is 2.97. The number of H-pyrrole nitrogens is 1. The molecular weight excluding hydrogens is 274 g/mol. The van der Waals surface area contributed by atoms with E-state index >= 15 is 0 Å². The van der Waals surface area contributed by atoms with Crippen molar-refractivity contribution in [1.29, 1.82) is 0 Å². The largest absolute Gasteiger partial charge is 0.496 e. The summed E-state index contributed by atoms with van der Waals surface area (Å²) in [6, 6.07) is 9.29. The van der Waals surface area contributed by atoms with E-state index in [9.17, 15) is 0 Å². The molecule has 4 nitrogen and oxygen atoms in total. The third-order valence-corrected chi connectivity index (χ3v) is 3.20. The highest BCUT2D eigenvalue weighted by molar-refractivity contribution is 6.30. The first kappa shape index (κ1) is 12.7.